The van der Waals surface area contributed by atoms with Gasteiger partial charge >= 0.3 is 0 Å². The molecule has 11 heteroatoms. The van der Waals surface area contributed by atoms with E-state index in [1.54, 1.807) is 36.7 Å². The monoisotopic (exact) mass is 544 g/mol. The zero-order chi connectivity index (χ0) is 23.2. The fraction of sp³-hybridized carbons (Fsp3) is 0.0455. The number of hydrogen-bond acceptors (Lipinski definition) is 6. The minimum atomic E-state index is -0.440. The summed E-state index contributed by atoms with van der Waals surface area (Å²) in [7, 11) is 0. The molecule has 1 N–H and O–H groups in total. The van der Waals surface area contributed by atoms with Crippen molar-refractivity contribution in [2.24, 2.45) is 5.10 Å². The number of benzene rings is 2. The van der Waals surface area contributed by atoms with Gasteiger partial charge in [0.15, 0.2) is 11.0 Å². The molecule has 4 rings (SSSR count). The largest absolute Gasteiger partial charge is 0.272 e. The van der Waals surface area contributed by atoms with Crippen LogP contribution in [0, 0.1) is 5.82 Å². The summed E-state index contributed by atoms with van der Waals surface area (Å²) in [4.78, 5) is 16.3. The number of nitrogens with zero attached hydrogens (tertiary/aromatic N) is 5. The molecular weight excluding hydrogens is 531 g/mol. The number of carbonyl (C=O) groups excluding carboxylic acids is 1. The highest BCUT2D eigenvalue weighted by Crippen LogP contribution is 2.28. The van der Waals surface area contributed by atoms with Gasteiger partial charge in [0.05, 0.1) is 12.0 Å². The first-order valence-corrected chi connectivity index (χ1v) is 11.7. The fourth-order valence-corrected chi connectivity index (χ4v) is 4.07. The number of thioether (sulfide) groups is 1. The van der Waals surface area contributed by atoms with Crippen LogP contribution < -0.4 is 5.43 Å². The number of aromatic nitrogens is 4. The molecule has 0 aliphatic rings. The Morgan fingerprint density at radius 2 is 1.91 bits per heavy atom. The molecule has 166 valence electrons. The molecular formula is C22H15BrClFN6OS. The average molecular weight is 546 g/mol. The third-order valence-electron chi connectivity index (χ3n) is 4.34. The first-order valence-electron chi connectivity index (χ1n) is 9.53. The molecule has 0 spiro atoms. The van der Waals surface area contributed by atoms with Gasteiger partial charge in [-0.25, -0.2) is 9.82 Å². The maximum Gasteiger partial charge on any atom is 0.250 e. The number of pyridine rings is 1. The van der Waals surface area contributed by atoms with Crippen molar-refractivity contribution in [3.63, 3.8) is 0 Å². The second-order valence-corrected chi connectivity index (χ2v) is 8.90. The van der Waals surface area contributed by atoms with E-state index in [0.717, 1.165) is 11.3 Å². The van der Waals surface area contributed by atoms with Crippen molar-refractivity contribution >= 4 is 51.4 Å². The summed E-state index contributed by atoms with van der Waals surface area (Å²) in [5.41, 5.74) is 4.27. The van der Waals surface area contributed by atoms with Crippen LogP contribution in [0.1, 0.15) is 5.56 Å². The van der Waals surface area contributed by atoms with E-state index in [4.69, 9.17) is 11.6 Å². The van der Waals surface area contributed by atoms with Crippen molar-refractivity contribution < 1.29 is 9.18 Å². The standard InChI is InChI=1S/C22H15BrClFN6OS/c23-16-1-6-19(25)15(11-16)12-27-28-20(32)13-33-22-30-29-21(14-7-9-26-10-8-14)31(22)18-4-2-17(24)3-5-18/h1-12H,13H2,(H,28,32)/b27-12-. The highest BCUT2D eigenvalue weighted by molar-refractivity contribution is 9.10. The summed E-state index contributed by atoms with van der Waals surface area (Å²) < 4.78 is 16.3. The zero-order valence-corrected chi connectivity index (χ0v) is 20.0. The first-order chi connectivity index (χ1) is 16.0. The van der Waals surface area contributed by atoms with Crippen LogP contribution in [-0.2, 0) is 4.79 Å². The third kappa shape index (κ3) is 5.84. The molecule has 0 atom stereocenters. The molecule has 0 aliphatic heterocycles. The summed E-state index contributed by atoms with van der Waals surface area (Å²) >= 11 is 10.5. The van der Waals surface area contributed by atoms with Gasteiger partial charge < -0.3 is 0 Å². The smallest absolute Gasteiger partial charge is 0.250 e. The Morgan fingerprint density at radius 1 is 1.15 bits per heavy atom. The minimum absolute atomic E-state index is 0.0281. The number of carbonyl (C=O) groups is 1. The predicted molar refractivity (Wildman–Crippen MR) is 130 cm³/mol. The van der Waals surface area contributed by atoms with Gasteiger partial charge in [0, 0.05) is 38.7 Å². The molecule has 0 bridgehead atoms. The fourth-order valence-electron chi connectivity index (χ4n) is 2.82. The van der Waals surface area contributed by atoms with Crippen molar-refractivity contribution in [3.05, 3.63) is 87.9 Å². The van der Waals surface area contributed by atoms with Gasteiger partial charge in [0.25, 0.3) is 5.91 Å². The van der Waals surface area contributed by atoms with Crippen LogP contribution in [0.25, 0.3) is 17.1 Å². The van der Waals surface area contributed by atoms with Crippen LogP contribution in [0.2, 0.25) is 5.02 Å². The molecule has 4 aromatic rings. The van der Waals surface area contributed by atoms with Gasteiger partial charge in [-0.05, 0) is 54.6 Å². The molecule has 33 heavy (non-hydrogen) atoms. The Hall–Kier alpha value is -3.08. The molecule has 0 unspecified atom stereocenters. The van der Waals surface area contributed by atoms with Gasteiger partial charge in [-0.15, -0.1) is 10.2 Å². The Bertz CT molecular complexity index is 1300. The van der Waals surface area contributed by atoms with Crippen molar-refractivity contribution in [1.82, 2.24) is 25.2 Å². The molecule has 2 aromatic carbocycles. The Balaban J connectivity index is 1.50. The predicted octanol–water partition coefficient (Wildman–Crippen LogP) is 5.13. The lowest BCUT2D eigenvalue weighted by Crippen LogP contribution is -2.20. The third-order valence-corrected chi connectivity index (χ3v) is 6.01. The lowest BCUT2D eigenvalue weighted by atomic mass is 10.2. The molecule has 7 nitrogen and oxygen atoms in total. The average Bonchev–Trinajstić information content (AvgIpc) is 3.25. The number of hydrazone groups is 1. The van der Waals surface area contributed by atoms with E-state index in [-0.39, 0.29) is 17.2 Å². The van der Waals surface area contributed by atoms with E-state index in [9.17, 15) is 9.18 Å². The van der Waals surface area contributed by atoms with Crippen molar-refractivity contribution in [2.45, 2.75) is 5.16 Å². The quantitative estimate of drug-likeness (QED) is 0.198. The summed E-state index contributed by atoms with van der Waals surface area (Å²) in [5.74, 6) is -0.181. The SMILES string of the molecule is O=C(CSc1nnc(-c2ccncc2)n1-c1ccc(Cl)cc1)N/N=C\c1cc(Br)ccc1F. The molecule has 0 saturated carbocycles. The van der Waals surface area contributed by atoms with Crippen LogP contribution in [-0.4, -0.2) is 37.6 Å². The van der Waals surface area contributed by atoms with E-state index < -0.39 is 5.82 Å². The van der Waals surface area contributed by atoms with Crippen LogP contribution >= 0.6 is 39.3 Å². The highest BCUT2D eigenvalue weighted by Gasteiger charge is 2.17. The number of hydrogen-bond donors (Lipinski definition) is 1. The first kappa shape index (κ1) is 23.1. The summed E-state index contributed by atoms with van der Waals surface area (Å²) in [6, 6.07) is 15.3. The molecule has 0 radical (unpaired) electrons. The number of nitrogens with one attached hydrogen (secondary N) is 1. The normalized spacial score (nSPS) is 11.1. The summed E-state index contributed by atoms with van der Waals surface area (Å²) in [6.07, 6.45) is 4.59. The van der Waals surface area contributed by atoms with Gasteiger partial charge in [-0.2, -0.15) is 5.10 Å². The zero-order valence-electron chi connectivity index (χ0n) is 16.8. The van der Waals surface area contributed by atoms with Gasteiger partial charge in [0.2, 0.25) is 0 Å². The van der Waals surface area contributed by atoms with Crippen LogP contribution in [0.4, 0.5) is 4.39 Å². The Kier molecular flexibility index (Phi) is 7.48. The van der Waals surface area contributed by atoms with E-state index >= 15 is 0 Å². The second kappa shape index (κ2) is 10.7. The minimum Gasteiger partial charge on any atom is -0.272 e. The molecule has 0 saturated heterocycles. The van der Waals surface area contributed by atoms with E-state index in [1.165, 1.54) is 24.0 Å². The molecule has 0 fully saturated rings. The van der Waals surface area contributed by atoms with E-state index in [0.29, 0.717) is 20.5 Å². The van der Waals surface area contributed by atoms with Crippen LogP contribution in [0.3, 0.4) is 0 Å². The van der Waals surface area contributed by atoms with Crippen LogP contribution in [0.15, 0.2) is 81.7 Å². The van der Waals surface area contributed by atoms with Gasteiger partial charge in [-0.1, -0.05) is 39.3 Å². The summed E-state index contributed by atoms with van der Waals surface area (Å²) in [6.45, 7) is 0. The molecule has 2 aromatic heterocycles. The highest BCUT2D eigenvalue weighted by atomic mass is 79.9. The molecule has 1 amide bonds. The Morgan fingerprint density at radius 3 is 2.67 bits per heavy atom. The Labute approximate surface area is 206 Å². The number of halogens is 3. The number of amides is 1. The van der Waals surface area contributed by atoms with Crippen molar-refractivity contribution in [1.29, 1.82) is 0 Å². The van der Waals surface area contributed by atoms with E-state index in [2.05, 4.69) is 41.6 Å². The van der Waals surface area contributed by atoms with Gasteiger partial charge in [0.1, 0.15) is 5.82 Å². The van der Waals surface area contributed by atoms with E-state index in [1.807, 2.05) is 28.8 Å². The molecule has 2 heterocycles. The topological polar surface area (TPSA) is 85.1 Å². The van der Waals surface area contributed by atoms with Gasteiger partial charge in [-0.3, -0.25) is 14.3 Å². The number of rotatable bonds is 7. The van der Waals surface area contributed by atoms with Crippen LogP contribution in [0.5, 0.6) is 0 Å². The lowest BCUT2D eigenvalue weighted by molar-refractivity contribution is -0.118. The lowest BCUT2D eigenvalue weighted by Gasteiger charge is -2.10. The maximum absolute atomic E-state index is 13.8. The van der Waals surface area contributed by atoms with Crippen molar-refractivity contribution in [3.8, 4) is 17.1 Å². The van der Waals surface area contributed by atoms with Crippen molar-refractivity contribution in [2.75, 3.05) is 5.75 Å². The summed E-state index contributed by atoms with van der Waals surface area (Å²) in [5, 5.41) is 13.5. The molecule has 0 aliphatic carbocycles. The second-order valence-electron chi connectivity index (χ2n) is 6.60. The maximum atomic E-state index is 13.8.